The molecule has 208 valence electrons. The minimum Gasteiger partial charge on any atom is -0.491 e. The van der Waals surface area contributed by atoms with Gasteiger partial charge in [0.15, 0.2) is 0 Å². The van der Waals surface area contributed by atoms with E-state index in [1.165, 1.54) is 0 Å². The van der Waals surface area contributed by atoms with Crippen molar-refractivity contribution in [1.82, 2.24) is 0 Å². The molecule has 2 unspecified atom stereocenters. The number of rotatable bonds is 14. The van der Waals surface area contributed by atoms with Crippen molar-refractivity contribution in [1.29, 1.82) is 0 Å². The maximum atomic E-state index is 11.1. The van der Waals surface area contributed by atoms with Crippen LogP contribution in [0.4, 0.5) is 0 Å². The second-order valence-electron chi connectivity index (χ2n) is 7.97. The van der Waals surface area contributed by atoms with E-state index in [1.54, 1.807) is 13.8 Å². The molecule has 2 N–H and O–H groups in total. The lowest BCUT2D eigenvalue weighted by atomic mass is 10.3. The summed E-state index contributed by atoms with van der Waals surface area (Å²) in [6.07, 6.45) is -0.649. The molecule has 0 radical (unpaired) electrons. The van der Waals surface area contributed by atoms with Gasteiger partial charge in [0, 0.05) is 24.0 Å². The second-order valence-corrected chi connectivity index (χ2v) is 7.97. The third-order valence-electron chi connectivity index (χ3n) is 4.44. The molecule has 0 saturated carbocycles. The zero-order valence-electron chi connectivity index (χ0n) is 22.0. The van der Waals surface area contributed by atoms with Gasteiger partial charge in [0.25, 0.3) is 0 Å². The smallest absolute Gasteiger partial charge is 0.333 e. The van der Waals surface area contributed by atoms with Gasteiger partial charge in [-0.2, -0.15) is 0 Å². The quantitative estimate of drug-likeness (QED) is 0.278. The molecular weight excluding hydrogens is 492 g/mol. The van der Waals surface area contributed by atoms with Crippen LogP contribution in [0, 0.1) is 0 Å². The third kappa shape index (κ3) is 17.5. The Morgan fingerprint density at radius 1 is 0.684 bits per heavy atom. The highest BCUT2D eigenvalue weighted by atomic mass is 16.5. The first-order valence-corrected chi connectivity index (χ1v) is 11.8. The molecule has 38 heavy (non-hydrogen) atoms. The average Bonchev–Trinajstić information content (AvgIpc) is 2.93. The lowest BCUT2D eigenvalue weighted by molar-refractivity contribution is -0.140. The standard InChI is InChI=1S/2C14H18O4.CH2O/c2*1-11(2)14(16)17-9-8-12(15)10-18-13-6-4-3-5-7-13;1-2/h2*3-7,12,15H,1,8-10H2,2H3;1H2. The summed E-state index contributed by atoms with van der Waals surface area (Å²) < 4.78 is 20.5. The molecule has 0 amide bonds. The van der Waals surface area contributed by atoms with Gasteiger partial charge in [-0.3, -0.25) is 0 Å². The highest BCUT2D eigenvalue weighted by molar-refractivity contribution is 5.87. The van der Waals surface area contributed by atoms with Crippen LogP contribution < -0.4 is 9.47 Å². The van der Waals surface area contributed by atoms with Crippen LogP contribution in [0.25, 0.3) is 0 Å². The topological polar surface area (TPSA) is 129 Å². The fourth-order valence-corrected chi connectivity index (χ4v) is 2.41. The van der Waals surface area contributed by atoms with Gasteiger partial charge in [-0.1, -0.05) is 49.6 Å². The Bertz CT molecular complexity index is 868. The molecule has 0 aliphatic rings. The maximum Gasteiger partial charge on any atom is 0.333 e. The van der Waals surface area contributed by atoms with E-state index in [2.05, 4.69) is 13.2 Å². The summed E-state index contributed by atoms with van der Waals surface area (Å²) in [6, 6.07) is 18.5. The third-order valence-corrected chi connectivity index (χ3v) is 4.44. The highest BCUT2D eigenvalue weighted by Gasteiger charge is 2.09. The first-order chi connectivity index (χ1) is 18.2. The number of carbonyl (C=O) groups is 3. The zero-order chi connectivity index (χ0) is 28.8. The summed E-state index contributed by atoms with van der Waals surface area (Å²) in [5.74, 6) is 0.531. The van der Waals surface area contributed by atoms with Gasteiger partial charge >= 0.3 is 11.9 Å². The molecule has 0 aliphatic carbocycles. The minimum atomic E-state index is -0.664. The van der Waals surface area contributed by atoms with E-state index < -0.39 is 24.1 Å². The van der Waals surface area contributed by atoms with Crippen molar-refractivity contribution in [2.24, 2.45) is 0 Å². The van der Waals surface area contributed by atoms with Crippen molar-refractivity contribution in [3.63, 3.8) is 0 Å². The lowest BCUT2D eigenvalue weighted by Crippen LogP contribution is -2.20. The van der Waals surface area contributed by atoms with Crippen molar-refractivity contribution >= 4 is 18.7 Å². The summed E-state index contributed by atoms with van der Waals surface area (Å²) in [6.45, 7) is 12.8. The van der Waals surface area contributed by atoms with Gasteiger partial charge < -0.3 is 34.0 Å². The van der Waals surface area contributed by atoms with Crippen LogP contribution in [0.1, 0.15) is 26.7 Å². The van der Waals surface area contributed by atoms with E-state index in [1.807, 2.05) is 67.5 Å². The van der Waals surface area contributed by atoms with Crippen molar-refractivity contribution in [2.45, 2.75) is 38.9 Å². The molecule has 2 aromatic rings. The molecule has 0 fully saturated rings. The van der Waals surface area contributed by atoms with Crippen LogP contribution in [0.15, 0.2) is 85.0 Å². The first kappa shape index (κ1) is 34.0. The number of benzene rings is 2. The molecule has 2 aromatic carbocycles. The Morgan fingerprint density at radius 3 is 1.29 bits per heavy atom. The van der Waals surface area contributed by atoms with Gasteiger partial charge in [0.2, 0.25) is 0 Å². The predicted molar refractivity (Wildman–Crippen MR) is 144 cm³/mol. The van der Waals surface area contributed by atoms with Crippen LogP contribution in [-0.2, 0) is 23.9 Å². The van der Waals surface area contributed by atoms with E-state index in [9.17, 15) is 19.8 Å². The molecule has 0 spiro atoms. The SMILES string of the molecule is C=C(C)C(=O)OCCC(O)COc1ccccc1.C=C(C)C(=O)OCCC(O)COc1ccccc1.C=O. The lowest BCUT2D eigenvalue weighted by Gasteiger charge is -2.12. The molecule has 9 nitrogen and oxygen atoms in total. The summed E-state index contributed by atoms with van der Waals surface area (Å²) >= 11 is 0. The molecule has 9 heteroatoms. The number of esters is 2. The predicted octanol–water partition coefficient (Wildman–Crippen LogP) is 3.69. The summed E-state index contributed by atoms with van der Waals surface area (Å²) in [4.78, 5) is 30.1. The summed E-state index contributed by atoms with van der Waals surface area (Å²) in [5, 5.41) is 19.2. The fourth-order valence-electron chi connectivity index (χ4n) is 2.41. The van der Waals surface area contributed by atoms with Gasteiger partial charge in [-0.05, 0) is 38.1 Å². The molecule has 0 bridgehead atoms. The van der Waals surface area contributed by atoms with E-state index >= 15 is 0 Å². The average molecular weight is 531 g/mol. The van der Waals surface area contributed by atoms with Gasteiger partial charge in [0.05, 0.1) is 25.4 Å². The summed E-state index contributed by atoms with van der Waals surface area (Å²) in [7, 11) is 0. The van der Waals surface area contributed by atoms with Crippen molar-refractivity contribution < 1.29 is 43.5 Å². The Kier molecular flexibility index (Phi) is 19.0. The van der Waals surface area contributed by atoms with E-state index in [4.69, 9.17) is 23.7 Å². The summed E-state index contributed by atoms with van der Waals surface area (Å²) in [5.41, 5.74) is 0.704. The largest absolute Gasteiger partial charge is 0.491 e. The number of hydrogen-bond donors (Lipinski definition) is 2. The second kappa shape index (κ2) is 21.2. The molecular formula is C29H38O9. The fraction of sp³-hybridized carbons (Fsp3) is 0.345. The Balaban J connectivity index is 0.000000676. The van der Waals surface area contributed by atoms with E-state index in [0.717, 1.165) is 0 Å². The Labute approximate surface area is 224 Å². The van der Waals surface area contributed by atoms with Gasteiger partial charge in [0.1, 0.15) is 31.5 Å². The van der Waals surface area contributed by atoms with Crippen LogP contribution in [0.5, 0.6) is 11.5 Å². The van der Waals surface area contributed by atoms with E-state index in [0.29, 0.717) is 35.5 Å². The maximum absolute atomic E-state index is 11.1. The molecule has 2 atom stereocenters. The molecule has 2 rings (SSSR count). The van der Waals surface area contributed by atoms with Crippen LogP contribution in [-0.4, -0.2) is 67.6 Å². The van der Waals surface area contributed by atoms with Crippen molar-refractivity contribution in [3.8, 4) is 11.5 Å². The van der Waals surface area contributed by atoms with Crippen LogP contribution in [0.3, 0.4) is 0 Å². The Hall–Kier alpha value is -3.95. The van der Waals surface area contributed by atoms with E-state index in [-0.39, 0.29) is 26.4 Å². The van der Waals surface area contributed by atoms with Crippen molar-refractivity contribution in [3.05, 3.63) is 85.0 Å². The molecule has 0 aliphatic heterocycles. The number of ether oxygens (including phenoxy) is 4. The normalized spacial score (nSPS) is 11.2. The Morgan fingerprint density at radius 2 is 1.00 bits per heavy atom. The highest BCUT2D eigenvalue weighted by Crippen LogP contribution is 2.10. The minimum absolute atomic E-state index is 0.158. The monoisotopic (exact) mass is 530 g/mol. The van der Waals surface area contributed by atoms with Crippen LogP contribution in [0.2, 0.25) is 0 Å². The number of aliphatic hydroxyl groups is 2. The molecule has 0 saturated heterocycles. The number of para-hydroxylation sites is 2. The van der Waals surface area contributed by atoms with Crippen LogP contribution >= 0.6 is 0 Å². The number of hydrogen-bond acceptors (Lipinski definition) is 9. The van der Waals surface area contributed by atoms with Gasteiger partial charge in [-0.15, -0.1) is 0 Å². The van der Waals surface area contributed by atoms with Crippen molar-refractivity contribution in [2.75, 3.05) is 26.4 Å². The number of aliphatic hydroxyl groups excluding tert-OH is 2. The zero-order valence-corrected chi connectivity index (χ0v) is 22.0. The van der Waals surface area contributed by atoms with Gasteiger partial charge in [-0.25, -0.2) is 9.59 Å². The first-order valence-electron chi connectivity index (χ1n) is 11.8. The molecule has 0 aromatic heterocycles. The molecule has 0 heterocycles. The number of carbonyl (C=O) groups excluding carboxylic acids is 3.